The quantitative estimate of drug-likeness (QED) is 0.889. The predicted molar refractivity (Wildman–Crippen MR) is 73.0 cm³/mol. The zero-order chi connectivity index (χ0) is 13.0. The summed E-state index contributed by atoms with van der Waals surface area (Å²) in [6, 6.07) is 2.45. The molecule has 1 unspecified atom stereocenters. The Labute approximate surface area is 115 Å². The van der Waals surface area contributed by atoms with Crippen molar-refractivity contribution in [1.29, 1.82) is 0 Å². The van der Waals surface area contributed by atoms with Gasteiger partial charge in [-0.25, -0.2) is 0 Å². The maximum atomic E-state index is 11.7. The normalized spacial score (nSPS) is 12.3. The Bertz CT molecular complexity index is 400. The Morgan fingerprint density at radius 2 is 1.88 bits per heavy atom. The first-order valence-corrected chi connectivity index (χ1v) is 6.30. The third-order valence-electron chi connectivity index (χ3n) is 2.19. The van der Waals surface area contributed by atoms with Crippen molar-refractivity contribution in [2.75, 3.05) is 5.32 Å². The molecule has 1 aromatic rings. The second-order valence-corrected chi connectivity index (χ2v) is 4.88. The Hall–Kier alpha value is -0.480. The van der Waals surface area contributed by atoms with Crippen molar-refractivity contribution in [2.24, 2.45) is 5.73 Å². The van der Waals surface area contributed by atoms with Crippen molar-refractivity contribution >= 4 is 46.4 Å². The van der Waals surface area contributed by atoms with Crippen LogP contribution in [0.15, 0.2) is 12.1 Å². The zero-order valence-electron chi connectivity index (χ0n) is 9.27. The zero-order valence-corrected chi connectivity index (χ0v) is 11.5. The van der Waals surface area contributed by atoms with Crippen LogP contribution in [0.5, 0.6) is 0 Å². The van der Waals surface area contributed by atoms with Gasteiger partial charge >= 0.3 is 0 Å². The maximum absolute atomic E-state index is 11.7. The van der Waals surface area contributed by atoms with Crippen LogP contribution in [0, 0.1) is 0 Å². The van der Waals surface area contributed by atoms with E-state index in [1.54, 1.807) is 0 Å². The lowest BCUT2D eigenvalue weighted by Gasteiger charge is -2.13. The van der Waals surface area contributed by atoms with Crippen LogP contribution in [0.1, 0.15) is 19.8 Å². The van der Waals surface area contributed by atoms with Crippen molar-refractivity contribution in [3.05, 3.63) is 27.2 Å². The van der Waals surface area contributed by atoms with Crippen molar-refractivity contribution in [2.45, 2.75) is 25.8 Å². The molecule has 17 heavy (non-hydrogen) atoms. The molecular formula is C11H13Cl3N2O. The molecule has 3 N–H and O–H groups in total. The van der Waals surface area contributed by atoms with E-state index in [4.69, 9.17) is 40.5 Å². The van der Waals surface area contributed by atoms with Gasteiger partial charge in [0.25, 0.3) is 0 Å². The van der Waals surface area contributed by atoms with Crippen molar-refractivity contribution < 1.29 is 4.79 Å². The molecule has 94 valence electrons. The number of carbonyl (C=O) groups excluding carboxylic acids is 1. The number of halogens is 3. The Balaban J connectivity index is 2.85. The lowest BCUT2D eigenvalue weighted by molar-refractivity contribution is -0.117. The summed E-state index contributed by atoms with van der Waals surface area (Å²) in [5, 5.41) is 3.60. The largest absolute Gasteiger partial charge is 0.322 e. The van der Waals surface area contributed by atoms with Gasteiger partial charge in [0.05, 0.1) is 21.8 Å². The lowest BCUT2D eigenvalue weighted by atomic mass is 10.1. The fourth-order valence-corrected chi connectivity index (χ4v) is 2.23. The predicted octanol–water partition coefficient (Wildman–Crippen LogP) is 3.71. The minimum Gasteiger partial charge on any atom is -0.322 e. The van der Waals surface area contributed by atoms with Crippen LogP contribution in [0.3, 0.4) is 0 Å². The molecule has 6 heteroatoms. The van der Waals surface area contributed by atoms with Crippen LogP contribution in [0.4, 0.5) is 5.69 Å². The first-order valence-electron chi connectivity index (χ1n) is 5.16. The van der Waals surface area contributed by atoms with E-state index < -0.39 is 6.04 Å². The van der Waals surface area contributed by atoms with E-state index in [9.17, 15) is 4.79 Å². The van der Waals surface area contributed by atoms with Gasteiger partial charge in [0.2, 0.25) is 5.91 Å². The van der Waals surface area contributed by atoms with Gasteiger partial charge in [-0.15, -0.1) is 0 Å². The van der Waals surface area contributed by atoms with Crippen LogP contribution >= 0.6 is 34.8 Å². The number of carbonyl (C=O) groups is 1. The summed E-state index contributed by atoms with van der Waals surface area (Å²) < 4.78 is 0. The molecule has 0 saturated heterocycles. The van der Waals surface area contributed by atoms with Crippen molar-refractivity contribution in [1.82, 2.24) is 0 Å². The van der Waals surface area contributed by atoms with Crippen molar-refractivity contribution in [3.8, 4) is 0 Å². The molecule has 0 aliphatic rings. The average Bonchev–Trinajstić information content (AvgIpc) is 2.23. The van der Waals surface area contributed by atoms with Gasteiger partial charge in [-0.05, 0) is 18.6 Å². The van der Waals surface area contributed by atoms with E-state index in [0.717, 1.165) is 6.42 Å². The number of anilines is 1. The van der Waals surface area contributed by atoms with Gasteiger partial charge in [0.1, 0.15) is 0 Å². The summed E-state index contributed by atoms with van der Waals surface area (Å²) in [7, 11) is 0. The lowest BCUT2D eigenvalue weighted by Crippen LogP contribution is -2.35. The molecule has 0 spiro atoms. The molecule has 1 rings (SSSR count). The third kappa shape index (κ3) is 4.03. The highest BCUT2D eigenvalue weighted by Gasteiger charge is 2.16. The Morgan fingerprint density at radius 3 is 2.35 bits per heavy atom. The Morgan fingerprint density at radius 1 is 1.35 bits per heavy atom. The standard InChI is InChI=1S/C11H13Cl3N2O/c1-2-3-9(15)11(17)16-10-7(13)4-6(12)5-8(10)14/h4-5,9H,2-3,15H2,1H3,(H,16,17). The first-order chi connectivity index (χ1) is 7.95. The molecule has 0 heterocycles. The van der Waals surface area contributed by atoms with Crippen LogP contribution in [0.25, 0.3) is 0 Å². The number of nitrogens with two attached hydrogens (primary N) is 1. The SMILES string of the molecule is CCCC(N)C(=O)Nc1c(Cl)cc(Cl)cc1Cl. The van der Waals surface area contributed by atoms with E-state index in [-0.39, 0.29) is 5.91 Å². The number of nitrogens with one attached hydrogen (secondary N) is 1. The topological polar surface area (TPSA) is 55.1 Å². The van der Waals surface area contributed by atoms with Gasteiger partial charge in [0.15, 0.2) is 0 Å². The van der Waals surface area contributed by atoms with Crippen LogP contribution in [-0.4, -0.2) is 11.9 Å². The highest BCUT2D eigenvalue weighted by atomic mass is 35.5. The molecule has 0 saturated carbocycles. The molecule has 0 aliphatic heterocycles. The average molecular weight is 296 g/mol. The second kappa shape index (κ2) is 6.45. The molecule has 3 nitrogen and oxygen atoms in total. The summed E-state index contributed by atoms with van der Waals surface area (Å²) in [6.07, 6.45) is 1.44. The summed E-state index contributed by atoms with van der Waals surface area (Å²) in [5.74, 6) is -0.307. The number of benzene rings is 1. The molecule has 0 aromatic heterocycles. The minimum absolute atomic E-state index is 0.291. The summed E-state index contributed by atoms with van der Waals surface area (Å²) >= 11 is 17.6. The highest BCUT2D eigenvalue weighted by Crippen LogP contribution is 2.33. The van der Waals surface area contributed by atoms with Gasteiger partial charge in [-0.1, -0.05) is 48.1 Å². The van der Waals surface area contributed by atoms with Crippen LogP contribution in [-0.2, 0) is 4.79 Å². The van der Waals surface area contributed by atoms with E-state index in [0.29, 0.717) is 27.2 Å². The molecule has 0 fully saturated rings. The molecule has 1 amide bonds. The van der Waals surface area contributed by atoms with E-state index >= 15 is 0 Å². The third-order valence-corrected chi connectivity index (χ3v) is 3.01. The molecular weight excluding hydrogens is 282 g/mol. The van der Waals surface area contributed by atoms with Crippen molar-refractivity contribution in [3.63, 3.8) is 0 Å². The van der Waals surface area contributed by atoms with Gasteiger partial charge in [0, 0.05) is 5.02 Å². The summed E-state index contributed by atoms with van der Waals surface area (Å²) in [5.41, 5.74) is 6.02. The van der Waals surface area contributed by atoms with E-state index in [1.807, 2.05) is 6.92 Å². The molecule has 0 aliphatic carbocycles. The number of rotatable bonds is 4. The molecule has 1 aromatic carbocycles. The minimum atomic E-state index is -0.567. The van der Waals surface area contributed by atoms with Crippen LogP contribution in [0.2, 0.25) is 15.1 Å². The molecule has 0 radical (unpaired) electrons. The summed E-state index contributed by atoms with van der Waals surface area (Å²) in [6.45, 7) is 1.95. The highest BCUT2D eigenvalue weighted by molar-refractivity contribution is 6.42. The Kier molecular flexibility index (Phi) is 5.53. The fraction of sp³-hybridized carbons (Fsp3) is 0.364. The number of hydrogen-bond donors (Lipinski definition) is 2. The van der Waals surface area contributed by atoms with Gasteiger partial charge in [-0.2, -0.15) is 0 Å². The van der Waals surface area contributed by atoms with Gasteiger partial charge < -0.3 is 11.1 Å². The summed E-state index contributed by atoms with van der Waals surface area (Å²) in [4.78, 5) is 11.7. The number of hydrogen-bond acceptors (Lipinski definition) is 2. The molecule has 1 atom stereocenters. The smallest absolute Gasteiger partial charge is 0.241 e. The monoisotopic (exact) mass is 294 g/mol. The fourth-order valence-electron chi connectivity index (χ4n) is 1.32. The van der Waals surface area contributed by atoms with Crippen LogP contribution < -0.4 is 11.1 Å². The second-order valence-electron chi connectivity index (χ2n) is 3.63. The van der Waals surface area contributed by atoms with E-state index in [2.05, 4.69) is 5.32 Å². The first kappa shape index (κ1) is 14.6. The number of amides is 1. The van der Waals surface area contributed by atoms with E-state index in [1.165, 1.54) is 12.1 Å². The maximum Gasteiger partial charge on any atom is 0.241 e. The molecule has 0 bridgehead atoms. The van der Waals surface area contributed by atoms with Gasteiger partial charge in [-0.3, -0.25) is 4.79 Å².